The smallest absolute Gasteiger partial charge is 0.185 e. The summed E-state index contributed by atoms with van der Waals surface area (Å²) in [6.45, 7) is 12.6. The number of anilines is 1. The molecule has 4 rings (SSSR count). The molecule has 0 saturated carbocycles. The summed E-state index contributed by atoms with van der Waals surface area (Å²) in [7, 11) is 0. The summed E-state index contributed by atoms with van der Waals surface area (Å²) in [4.78, 5) is 10.9. The molecule has 4 heterocycles. The standard InChI is InChI=1S/C18H29N7S.ClH/c1-3-24(4-2)18-20-11-15(26-18)13-23-8-5-14(6-9-23)17-22-21-16-12-19-7-10-25(16)17;/h11,14,19H,3-10,12-13H2,1-2H3;1H. The van der Waals surface area contributed by atoms with Gasteiger partial charge in [-0.1, -0.05) is 0 Å². The summed E-state index contributed by atoms with van der Waals surface area (Å²) in [5, 5.41) is 13.4. The van der Waals surface area contributed by atoms with Gasteiger partial charge in [-0.3, -0.25) is 4.90 Å². The highest BCUT2D eigenvalue weighted by Gasteiger charge is 2.27. The first-order chi connectivity index (χ1) is 12.8. The molecule has 9 heteroatoms. The number of hydrogen-bond acceptors (Lipinski definition) is 7. The number of rotatable bonds is 6. The van der Waals surface area contributed by atoms with Gasteiger partial charge in [-0.05, 0) is 39.8 Å². The largest absolute Gasteiger partial charge is 0.349 e. The highest BCUT2D eigenvalue weighted by Crippen LogP contribution is 2.30. The number of nitrogens with zero attached hydrogens (tertiary/aromatic N) is 6. The van der Waals surface area contributed by atoms with Crippen molar-refractivity contribution in [1.29, 1.82) is 0 Å². The second-order valence-corrected chi connectivity index (χ2v) is 8.23. The van der Waals surface area contributed by atoms with Crippen LogP contribution in [0.3, 0.4) is 0 Å². The maximum atomic E-state index is 4.62. The zero-order valence-electron chi connectivity index (χ0n) is 16.2. The van der Waals surface area contributed by atoms with Gasteiger partial charge in [0.1, 0.15) is 11.6 Å². The fraction of sp³-hybridized carbons (Fsp3) is 0.722. The fourth-order valence-electron chi connectivity index (χ4n) is 4.00. The van der Waals surface area contributed by atoms with Gasteiger partial charge in [0.2, 0.25) is 0 Å². The Bertz CT molecular complexity index is 719. The van der Waals surface area contributed by atoms with Crippen LogP contribution < -0.4 is 10.2 Å². The van der Waals surface area contributed by atoms with E-state index in [9.17, 15) is 0 Å². The van der Waals surface area contributed by atoms with Crippen LogP contribution in [0.5, 0.6) is 0 Å². The van der Waals surface area contributed by atoms with E-state index in [2.05, 4.69) is 54.9 Å². The first-order valence-electron chi connectivity index (χ1n) is 9.83. The molecule has 0 aromatic carbocycles. The number of halogens is 1. The van der Waals surface area contributed by atoms with Crippen LogP contribution in [0.15, 0.2) is 6.20 Å². The molecule has 0 aliphatic carbocycles. The molecule has 0 spiro atoms. The molecule has 150 valence electrons. The average molecular weight is 412 g/mol. The zero-order chi connectivity index (χ0) is 17.9. The number of likely N-dealkylation sites (tertiary alicyclic amines) is 1. The van der Waals surface area contributed by atoms with Crippen molar-refractivity contribution in [3.8, 4) is 0 Å². The highest BCUT2D eigenvalue weighted by atomic mass is 35.5. The number of piperidine rings is 1. The summed E-state index contributed by atoms with van der Waals surface area (Å²) in [6.07, 6.45) is 4.41. The first kappa shape index (κ1) is 20.5. The van der Waals surface area contributed by atoms with Gasteiger partial charge in [-0.15, -0.1) is 33.9 Å². The molecule has 2 aliphatic heterocycles. The van der Waals surface area contributed by atoms with Gasteiger partial charge in [0.15, 0.2) is 5.13 Å². The summed E-state index contributed by atoms with van der Waals surface area (Å²) < 4.78 is 2.34. The summed E-state index contributed by atoms with van der Waals surface area (Å²) in [6, 6.07) is 0. The van der Waals surface area contributed by atoms with Crippen molar-refractivity contribution in [2.45, 2.75) is 52.2 Å². The lowest BCUT2D eigenvalue weighted by molar-refractivity contribution is 0.201. The van der Waals surface area contributed by atoms with Gasteiger partial charge >= 0.3 is 0 Å². The summed E-state index contributed by atoms with van der Waals surface area (Å²) in [5.41, 5.74) is 0. The van der Waals surface area contributed by atoms with E-state index in [4.69, 9.17) is 0 Å². The van der Waals surface area contributed by atoms with Crippen LogP contribution in [0.25, 0.3) is 0 Å². The van der Waals surface area contributed by atoms with Crippen LogP contribution in [-0.4, -0.2) is 57.4 Å². The second kappa shape index (κ2) is 9.32. The first-order valence-corrected chi connectivity index (χ1v) is 10.6. The summed E-state index contributed by atoms with van der Waals surface area (Å²) in [5.74, 6) is 2.86. The number of hydrogen-bond donors (Lipinski definition) is 1. The number of nitrogens with one attached hydrogen (secondary N) is 1. The van der Waals surface area contributed by atoms with Gasteiger partial charge < -0.3 is 14.8 Å². The third kappa shape index (κ3) is 4.45. The van der Waals surface area contributed by atoms with Gasteiger partial charge in [-0.2, -0.15) is 0 Å². The average Bonchev–Trinajstić information content (AvgIpc) is 3.31. The zero-order valence-corrected chi connectivity index (χ0v) is 17.9. The molecule has 2 aromatic heterocycles. The SMILES string of the molecule is CCN(CC)c1ncc(CN2CCC(c3nnc4n3CCNC4)CC2)s1.Cl. The monoisotopic (exact) mass is 411 g/mol. The van der Waals surface area contributed by atoms with Gasteiger partial charge in [0, 0.05) is 49.7 Å². The van der Waals surface area contributed by atoms with Gasteiger partial charge in [-0.25, -0.2) is 4.98 Å². The lowest BCUT2D eigenvalue weighted by Gasteiger charge is -2.31. The molecule has 0 bridgehead atoms. The quantitative estimate of drug-likeness (QED) is 0.787. The maximum absolute atomic E-state index is 4.62. The van der Waals surface area contributed by atoms with Crippen molar-refractivity contribution < 1.29 is 0 Å². The second-order valence-electron chi connectivity index (χ2n) is 7.13. The normalized spacial score (nSPS) is 18.1. The van der Waals surface area contributed by atoms with Crippen molar-refractivity contribution in [3.63, 3.8) is 0 Å². The lowest BCUT2D eigenvalue weighted by Crippen LogP contribution is -2.34. The molecule has 0 amide bonds. The molecule has 0 unspecified atom stereocenters. The molecule has 0 atom stereocenters. The van der Waals surface area contributed by atoms with Gasteiger partial charge in [0.25, 0.3) is 0 Å². The molecule has 1 fully saturated rings. The number of fused-ring (bicyclic) bond motifs is 1. The number of thiazole rings is 1. The van der Waals surface area contributed by atoms with Crippen molar-refractivity contribution >= 4 is 28.9 Å². The Hall–Kier alpha value is -1.22. The molecule has 7 nitrogen and oxygen atoms in total. The molecule has 1 N–H and O–H groups in total. The Morgan fingerprint density at radius 3 is 2.70 bits per heavy atom. The van der Waals surface area contributed by atoms with E-state index in [0.717, 1.165) is 63.3 Å². The Morgan fingerprint density at radius 2 is 1.96 bits per heavy atom. The topological polar surface area (TPSA) is 62.1 Å². The molecule has 2 aromatic rings. The number of aromatic nitrogens is 4. The predicted molar refractivity (Wildman–Crippen MR) is 112 cm³/mol. The maximum Gasteiger partial charge on any atom is 0.185 e. The van der Waals surface area contributed by atoms with Crippen LogP contribution in [0.4, 0.5) is 5.13 Å². The van der Waals surface area contributed by atoms with Crippen LogP contribution >= 0.6 is 23.7 Å². The van der Waals surface area contributed by atoms with Crippen molar-refractivity contribution in [3.05, 3.63) is 22.7 Å². The molecular weight excluding hydrogens is 382 g/mol. The van der Waals surface area contributed by atoms with E-state index < -0.39 is 0 Å². The van der Waals surface area contributed by atoms with E-state index >= 15 is 0 Å². The minimum atomic E-state index is 0. The molecular formula is C18H30ClN7S. The highest BCUT2D eigenvalue weighted by molar-refractivity contribution is 7.15. The third-order valence-electron chi connectivity index (χ3n) is 5.56. The molecule has 27 heavy (non-hydrogen) atoms. The van der Waals surface area contributed by atoms with Crippen molar-refractivity contribution in [2.75, 3.05) is 37.6 Å². The Morgan fingerprint density at radius 1 is 1.19 bits per heavy atom. The van der Waals surface area contributed by atoms with E-state index in [-0.39, 0.29) is 12.4 Å². The van der Waals surface area contributed by atoms with Crippen LogP contribution in [0, 0.1) is 0 Å². The van der Waals surface area contributed by atoms with Crippen LogP contribution in [0.2, 0.25) is 0 Å². The summed E-state index contributed by atoms with van der Waals surface area (Å²) >= 11 is 1.84. The van der Waals surface area contributed by atoms with Crippen molar-refractivity contribution in [2.24, 2.45) is 0 Å². The molecule has 2 aliphatic rings. The molecule has 1 saturated heterocycles. The van der Waals surface area contributed by atoms with Crippen LogP contribution in [-0.2, 0) is 19.6 Å². The van der Waals surface area contributed by atoms with E-state index in [1.165, 1.54) is 23.5 Å². The van der Waals surface area contributed by atoms with Crippen LogP contribution in [0.1, 0.15) is 49.1 Å². The third-order valence-corrected chi connectivity index (χ3v) is 6.60. The fourth-order valence-corrected chi connectivity index (χ4v) is 5.08. The predicted octanol–water partition coefficient (Wildman–Crippen LogP) is 2.49. The van der Waals surface area contributed by atoms with Gasteiger partial charge in [0.05, 0.1) is 6.54 Å². The van der Waals surface area contributed by atoms with E-state index in [1.54, 1.807) is 0 Å². The molecule has 0 radical (unpaired) electrons. The Balaban J connectivity index is 0.00000210. The van der Waals surface area contributed by atoms with Crippen molar-refractivity contribution in [1.82, 2.24) is 30.0 Å². The Labute approximate surface area is 171 Å². The van der Waals surface area contributed by atoms with E-state index in [0.29, 0.717) is 5.92 Å². The Kier molecular flexibility index (Phi) is 7.08. The van der Waals surface area contributed by atoms with E-state index in [1.807, 2.05) is 11.3 Å². The lowest BCUT2D eigenvalue weighted by atomic mass is 9.95. The minimum absolute atomic E-state index is 0. The minimum Gasteiger partial charge on any atom is -0.349 e.